The Morgan fingerprint density at radius 1 is 1.35 bits per heavy atom. The Morgan fingerprint density at radius 3 is 2.90 bits per heavy atom. The summed E-state index contributed by atoms with van der Waals surface area (Å²) in [6.07, 6.45) is 4.34. The van der Waals surface area contributed by atoms with Gasteiger partial charge in [-0.3, -0.25) is 0 Å². The fraction of sp³-hybridized carbons (Fsp3) is 0.267. The number of hydrogen-bond acceptors (Lipinski definition) is 3. The summed E-state index contributed by atoms with van der Waals surface area (Å²) < 4.78 is 6.64. The van der Waals surface area contributed by atoms with Gasteiger partial charge < -0.3 is 10.1 Å². The molecule has 104 valence electrons. The second-order valence-corrected chi connectivity index (χ2v) is 6.17. The molecule has 1 N–H and O–H groups in total. The summed E-state index contributed by atoms with van der Waals surface area (Å²) in [6, 6.07) is 10.2. The molecule has 1 aliphatic rings. The van der Waals surface area contributed by atoms with Crippen LogP contribution in [0.1, 0.15) is 18.4 Å². The molecule has 20 heavy (non-hydrogen) atoms. The zero-order valence-corrected chi connectivity index (χ0v) is 13.1. The van der Waals surface area contributed by atoms with Crippen LogP contribution in [-0.4, -0.2) is 11.0 Å². The third kappa shape index (κ3) is 3.72. The third-order valence-electron chi connectivity index (χ3n) is 3.05. The molecule has 0 radical (unpaired) electrons. The highest BCUT2D eigenvalue weighted by molar-refractivity contribution is 9.10. The Hall–Kier alpha value is -1.10. The predicted molar refractivity (Wildman–Crippen MR) is 83.3 cm³/mol. The first-order valence-electron chi connectivity index (χ1n) is 6.52. The van der Waals surface area contributed by atoms with E-state index in [-0.39, 0.29) is 0 Å². The Labute approximate surface area is 131 Å². The number of pyridine rings is 1. The van der Waals surface area contributed by atoms with Crippen LogP contribution >= 0.6 is 27.5 Å². The van der Waals surface area contributed by atoms with E-state index in [9.17, 15) is 0 Å². The minimum absolute atomic E-state index is 0.430. The first-order valence-corrected chi connectivity index (χ1v) is 7.69. The molecule has 0 bridgehead atoms. The van der Waals surface area contributed by atoms with Gasteiger partial charge in [0, 0.05) is 23.3 Å². The first-order chi connectivity index (χ1) is 9.70. The second kappa shape index (κ2) is 6.12. The van der Waals surface area contributed by atoms with Gasteiger partial charge in [0.2, 0.25) is 5.88 Å². The highest BCUT2D eigenvalue weighted by Crippen LogP contribution is 2.29. The molecule has 2 aromatic rings. The summed E-state index contributed by atoms with van der Waals surface area (Å²) in [5.74, 6) is 1.14. The quantitative estimate of drug-likeness (QED) is 0.857. The van der Waals surface area contributed by atoms with Crippen LogP contribution < -0.4 is 10.1 Å². The number of rotatable bonds is 5. The van der Waals surface area contributed by atoms with Gasteiger partial charge in [-0.2, -0.15) is 0 Å². The monoisotopic (exact) mass is 352 g/mol. The van der Waals surface area contributed by atoms with Crippen LogP contribution in [0.3, 0.4) is 0 Å². The second-order valence-electron chi connectivity index (χ2n) is 4.85. The molecule has 1 aromatic carbocycles. The first kappa shape index (κ1) is 13.9. The summed E-state index contributed by atoms with van der Waals surface area (Å²) in [4.78, 5) is 4.29. The minimum Gasteiger partial charge on any atom is -0.438 e. The highest BCUT2D eigenvalue weighted by Gasteiger charge is 2.20. The van der Waals surface area contributed by atoms with E-state index >= 15 is 0 Å². The van der Waals surface area contributed by atoms with Gasteiger partial charge >= 0.3 is 0 Å². The van der Waals surface area contributed by atoms with Gasteiger partial charge in [-0.05, 0) is 42.7 Å². The molecule has 0 atom stereocenters. The lowest BCUT2D eigenvalue weighted by Crippen LogP contribution is -2.15. The number of nitrogens with one attached hydrogen (secondary N) is 1. The fourth-order valence-electron chi connectivity index (χ4n) is 1.83. The van der Waals surface area contributed by atoms with Crippen molar-refractivity contribution in [1.82, 2.24) is 10.3 Å². The maximum absolute atomic E-state index is 6.22. The van der Waals surface area contributed by atoms with Crippen LogP contribution in [0.25, 0.3) is 0 Å². The largest absolute Gasteiger partial charge is 0.438 e. The molecule has 1 fully saturated rings. The molecule has 0 aliphatic heterocycles. The number of nitrogens with zero attached hydrogens (tertiary/aromatic N) is 1. The normalized spacial score (nSPS) is 14.3. The summed E-state index contributed by atoms with van der Waals surface area (Å²) >= 11 is 9.63. The number of hydrogen-bond donors (Lipinski definition) is 1. The highest BCUT2D eigenvalue weighted by atomic mass is 79.9. The van der Waals surface area contributed by atoms with Crippen LogP contribution in [0.4, 0.5) is 0 Å². The lowest BCUT2D eigenvalue weighted by molar-refractivity contribution is 0.462. The summed E-state index contributed by atoms with van der Waals surface area (Å²) in [5, 5.41) is 3.96. The average molecular weight is 354 g/mol. The Bertz CT molecular complexity index is 617. The molecular formula is C15H14BrClN2O. The van der Waals surface area contributed by atoms with Crippen molar-refractivity contribution in [3.8, 4) is 11.6 Å². The maximum Gasteiger partial charge on any atom is 0.238 e. The molecule has 5 heteroatoms. The number of aromatic nitrogens is 1. The zero-order chi connectivity index (χ0) is 13.9. The molecule has 3 nitrogen and oxygen atoms in total. The van der Waals surface area contributed by atoms with Crippen LogP contribution in [0.15, 0.2) is 41.0 Å². The van der Waals surface area contributed by atoms with Gasteiger partial charge in [0.25, 0.3) is 0 Å². The molecule has 1 aromatic heterocycles. The van der Waals surface area contributed by atoms with E-state index in [4.69, 9.17) is 16.3 Å². The Kier molecular flexibility index (Phi) is 4.24. The van der Waals surface area contributed by atoms with Crippen LogP contribution in [-0.2, 0) is 6.54 Å². The van der Waals surface area contributed by atoms with E-state index in [0.29, 0.717) is 22.7 Å². The van der Waals surface area contributed by atoms with Crippen molar-refractivity contribution in [1.29, 1.82) is 0 Å². The molecule has 1 saturated carbocycles. The van der Waals surface area contributed by atoms with Crippen molar-refractivity contribution in [2.45, 2.75) is 25.4 Å². The molecule has 0 amide bonds. The molecule has 0 saturated heterocycles. The minimum atomic E-state index is 0.430. The summed E-state index contributed by atoms with van der Waals surface area (Å²) in [6.45, 7) is 0.800. The topological polar surface area (TPSA) is 34.2 Å². The van der Waals surface area contributed by atoms with Crippen molar-refractivity contribution in [3.05, 3.63) is 51.6 Å². The van der Waals surface area contributed by atoms with E-state index in [0.717, 1.165) is 16.6 Å². The smallest absolute Gasteiger partial charge is 0.238 e. The fourth-order valence-corrected chi connectivity index (χ4v) is 2.43. The van der Waals surface area contributed by atoms with E-state index < -0.39 is 0 Å². The Balaban J connectivity index is 1.69. The van der Waals surface area contributed by atoms with Gasteiger partial charge in [0.1, 0.15) is 10.8 Å². The van der Waals surface area contributed by atoms with Gasteiger partial charge in [0.15, 0.2) is 0 Å². The zero-order valence-electron chi connectivity index (χ0n) is 10.8. The predicted octanol–water partition coefficient (Wildman–Crippen LogP) is 4.54. The number of ether oxygens (including phenoxy) is 1. The van der Waals surface area contributed by atoms with Gasteiger partial charge in [-0.1, -0.05) is 33.6 Å². The number of halogens is 2. The molecular weight excluding hydrogens is 340 g/mol. The lowest BCUT2D eigenvalue weighted by atomic mass is 10.3. The van der Waals surface area contributed by atoms with E-state index in [1.54, 1.807) is 6.20 Å². The average Bonchev–Trinajstić information content (AvgIpc) is 3.23. The third-order valence-corrected chi connectivity index (χ3v) is 3.81. The van der Waals surface area contributed by atoms with Crippen molar-refractivity contribution < 1.29 is 4.74 Å². The van der Waals surface area contributed by atoms with Crippen molar-refractivity contribution in [2.75, 3.05) is 0 Å². The molecule has 0 unspecified atom stereocenters. The molecule has 0 spiro atoms. The molecule has 3 rings (SSSR count). The van der Waals surface area contributed by atoms with Crippen molar-refractivity contribution in [2.24, 2.45) is 0 Å². The SMILES string of the molecule is Clc1cc(CNC2CC2)cnc1Oc1cccc(Br)c1. The maximum atomic E-state index is 6.22. The van der Waals surface area contributed by atoms with Gasteiger partial charge in [0.05, 0.1) is 0 Å². The van der Waals surface area contributed by atoms with Crippen molar-refractivity contribution in [3.63, 3.8) is 0 Å². The van der Waals surface area contributed by atoms with Crippen LogP contribution in [0.2, 0.25) is 5.02 Å². The summed E-state index contributed by atoms with van der Waals surface area (Å²) in [5.41, 5.74) is 1.07. The van der Waals surface area contributed by atoms with E-state index in [1.165, 1.54) is 12.8 Å². The van der Waals surface area contributed by atoms with Gasteiger partial charge in [-0.25, -0.2) is 4.98 Å². The Morgan fingerprint density at radius 2 is 2.20 bits per heavy atom. The summed E-state index contributed by atoms with van der Waals surface area (Å²) in [7, 11) is 0. The number of benzene rings is 1. The molecule has 1 heterocycles. The lowest BCUT2D eigenvalue weighted by Gasteiger charge is -2.09. The van der Waals surface area contributed by atoms with Crippen molar-refractivity contribution >= 4 is 27.5 Å². The van der Waals surface area contributed by atoms with Gasteiger partial charge in [-0.15, -0.1) is 0 Å². The van der Waals surface area contributed by atoms with Crippen LogP contribution in [0.5, 0.6) is 11.6 Å². The van der Waals surface area contributed by atoms with Crippen LogP contribution in [0, 0.1) is 0 Å². The standard InChI is InChI=1S/C15H14BrClN2O/c16-11-2-1-3-13(7-11)20-15-14(17)6-10(9-19-15)8-18-12-4-5-12/h1-3,6-7,9,12,18H,4-5,8H2. The van der Waals surface area contributed by atoms with E-state index in [2.05, 4.69) is 26.2 Å². The molecule has 1 aliphatic carbocycles. The van der Waals surface area contributed by atoms with E-state index in [1.807, 2.05) is 30.3 Å².